The Kier molecular flexibility index (Phi) is 7.82. The average molecular weight is 418 g/mol. The molecule has 3 rings (SSSR count). The Morgan fingerprint density at radius 3 is 2.32 bits per heavy atom. The van der Waals surface area contributed by atoms with Gasteiger partial charge in [0.25, 0.3) is 0 Å². The lowest BCUT2D eigenvalue weighted by Crippen LogP contribution is -2.00. The van der Waals surface area contributed by atoms with E-state index in [1.807, 2.05) is 30.3 Å². The molecular formula is C26H27NO4. The van der Waals surface area contributed by atoms with Gasteiger partial charge in [-0.2, -0.15) is 0 Å². The molecule has 1 N–H and O–H groups in total. The molecular weight excluding hydrogens is 390 g/mol. The first-order chi connectivity index (χ1) is 15.1. The van der Waals surface area contributed by atoms with Gasteiger partial charge >= 0.3 is 5.97 Å². The van der Waals surface area contributed by atoms with Crippen LogP contribution < -0.4 is 9.47 Å². The molecule has 0 spiro atoms. The summed E-state index contributed by atoms with van der Waals surface area (Å²) in [5.41, 5.74) is 4.27. The van der Waals surface area contributed by atoms with Gasteiger partial charge in [0.1, 0.15) is 6.61 Å². The third kappa shape index (κ3) is 6.44. The highest BCUT2D eigenvalue weighted by Gasteiger charge is 2.07. The predicted octanol–water partition coefficient (Wildman–Crippen LogP) is 6.07. The molecule has 31 heavy (non-hydrogen) atoms. The summed E-state index contributed by atoms with van der Waals surface area (Å²) < 4.78 is 11.3. The van der Waals surface area contributed by atoms with Crippen molar-refractivity contribution in [1.29, 1.82) is 0 Å². The minimum Gasteiger partial charge on any atom is -0.493 e. The zero-order valence-corrected chi connectivity index (χ0v) is 17.9. The van der Waals surface area contributed by atoms with Gasteiger partial charge in [-0.05, 0) is 72.0 Å². The van der Waals surface area contributed by atoms with E-state index in [9.17, 15) is 4.79 Å². The number of unbranched alkanes of at least 4 members (excludes halogenated alkanes) is 1. The number of aliphatic imine (C=N–C) groups is 1. The van der Waals surface area contributed by atoms with Crippen LogP contribution in [0.3, 0.4) is 0 Å². The molecule has 0 aromatic heterocycles. The van der Waals surface area contributed by atoms with Crippen molar-refractivity contribution in [2.45, 2.75) is 32.8 Å². The summed E-state index contributed by atoms with van der Waals surface area (Å²) in [7, 11) is 1.60. The van der Waals surface area contributed by atoms with Crippen molar-refractivity contribution < 1.29 is 19.4 Å². The largest absolute Gasteiger partial charge is 0.493 e. The number of hydrogen-bond donors (Lipinski definition) is 1. The maximum atomic E-state index is 10.9. The molecule has 0 saturated heterocycles. The van der Waals surface area contributed by atoms with E-state index in [4.69, 9.17) is 14.6 Å². The molecule has 0 radical (unpaired) electrons. The number of nitrogens with zero attached hydrogens (tertiary/aromatic N) is 1. The van der Waals surface area contributed by atoms with Gasteiger partial charge in [-0.25, -0.2) is 4.79 Å². The highest BCUT2D eigenvalue weighted by atomic mass is 16.5. The number of aryl methyl sites for hydroxylation is 1. The topological polar surface area (TPSA) is 68.1 Å². The van der Waals surface area contributed by atoms with Crippen molar-refractivity contribution in [1.82, 2.24) is 0 Å². The summed E-state index contributed by atoms with van der Waals surface area (Å²) in [5, 5.41) is 8.98. The van der Waals surface area contributed by atoms with Crippen molar-refractivity contribution in [3.8, 4) is 11.5 Å². The molecule has 0 fully saturated rings. The monoisotopic (exact) mass is 417 g/mol. The number of aromatic carboxylic acids is 1. The Balaban J connectivity index is 1.63. The van der Waals surface area contributed by atoms with E-state index in [-0.39, 0.29) is 5.56 Å². The van der Waals surface area contributed by atoms with Crippen molar-refractivity contribution in [3.63, 3.8) is 0 Å². The van der Waals surface area contributed by atoms with Crippen LogP contribution in [0.2, 0.25) is 0 Å². The van der Waals surface area contributed by atoms with Crippen LogP contribution in [0, 0.1) is 0 Å². The molecule has 0 aliphatic rings. The van der Waals surface area contributed by atoms with Gasteiger partial charge in [0, 0.05) is 6.21 Å². The molecule has 5 nitrogen and oxygen atoms in total. The van der Waals surface area contributed by atoms with Crippen LogP contribution in [0.5, 0.6) is 11.5 Å². The molecule has 0 aliphatic heterocycles. The van der Waals surface area contributed by atoms with E-state index >= 15 is 0 Å². The number of ether oxygens (including phenoxy) is 2. The Labute approximate surface area is 183 Å². The van der Waals surface area contributed by atoms with Gasteiger partial charge in [0.05, 0.1) is 18.4 Å². The lowest BCUT2D eigenvalue weighted by atomic mass is 10.1. The van der Waals surface area contributed by atoms with Crippen molar-refractivity contribution in [2.24, 2.45) is 4.99 Å². The molecule has 0 unspecified atom stereocenters. The number of benzene rings is 3. The standard InChI is InChI=1S/C26H27NO4/c1-3-4-5-19-8-13-23(14-9-19)27-17-21-10-15-24(25(16-21)30-2)31-18-20-6-11-22(12-7-20)26(28)29/h6-17H,3-5,18H2,1-2H3,(H,28,29). The van der Waals surface area contributed by atoms with Crippen LogP contribution >= 0.6 is 0 Å². The molecule has 0 atom stereocenters. The highest BCUT2D eigenvalue weighted by molar-refractivity contribution is 5.87. The molecule has 160 valence electrons. The van der Waals surface area contributed by atoms with Crippen LogP contribution in [0.1, 0.15) is 46.8 Å². The first kappa shape index (κ1) is 22.1. The molecule has 3 aromatic rings. The van der Waals surface area contributed by atoms with Crippen LogP contribution in [-0.4, -0.2) is 24.4 Å². The van der Waals surface area contributed by atoms with E-state index in [1.165, 1.54) is 18.4 Å². The second kappa shape index (κ2) is 11.0. The fraction of sp³-hybridized carbons (Fsp3) is 0.231. The van der Waals surface area contributed by atoms with Crippen molar-refractivity contribution in [3.05, 3.63) is 89.0 Å². The lowest BCUT2D eigenvalue weighted by Gasteiger charge is -2.11. The molecule has 5 heteroatoms. The zero-order valence-electron chi connectivity index (χ0n) is 17.9. The zero-order chi connectivity index (χ0) is 22.1. The SMILES string of the molecule is CCCCc1ccc(N=Cc2ccc(OCc3ccc(C(=O)O)cc3)c(OC)c2)cc1. The smallest absolute Gasteiger partial charge is 0.335 e. The second-order valence-corrected chi connectivity index (χ2v) is 7.23. The summed E-state index contributed by atoms with van der Waals surface area (Å²) in [6, 6.07) is 20.6. The molecule has 0 bridgehead atoms. The van der Waals surface area contributed by atoms with E-state index in [1.54, 1.807) is 37.6 Å². The molecule has 0 aliphatic carbocycles. The Morgan fingerprint density at radius 2 is 1.68 bits per heavy atom. The maximum Gasteiger partial charge on any atom is 0.335 e. The molecule has 0 saturated carbocycles. The summed E-state index contributed by atoms with van der Waals surface area (Å²) in [4.78, 5) is 15.5. The van der Waals surface area contributed by atoms with Gasteiger partial charge in [0.2, 0.25) is 0 Å². The predicted molar refractivity (Wildman–Crippen MR) is 123 cm³/mol. The van der Waals surface area contributed by atoms with E-state index in [0.717, 1.165) is 23.2 Å². The fourth-order valence-electron chi connectivity index (χ4n) is 3.07. The Morgan fingerprint density at radius 1 is 0.968 bits per heavy atom. The summed E-state index contributed by atoms with van der Waals surface area (Å²) >= 11 is 0. The minimum atomic E-state index is -0.946. The van der Waals surface area contributed by atoms with Gasteiger partial charge in [-0.3, -0.25) is 4.99 Å². The van der Waals surface area contributed by atoms with Crippen LogP contribution in [-0.2, 0) is 13.0 Å². The number of methoxy groups -OCH3 is 1. The molecule has 0 amide bonds. The van der Waals surface area contributed by atoms with Gasteiger partial charge in [-0.15, -0.1) is 0 Å². The fourth-order valence-corrected chi connectivity index (χ4v) is 3.07. The van der Waals surface area contributed by atoms with E-state index < -0.39 is 5.97 Å². The van der Waals surface area contributed by atoms with E-state index in [0.29, 0.717) is 18.1 Å². The molecule has 3 aromatic carbocycles. The van der Waals surface area contributed by atoms with E-state index in [2.05, 4.69) is 24.0 Å². The number of hydrogen-bond acceptors (Lipinski definition) is 4. The van der Waals surface area contributed by atoms with Gasteiger partial charge < -0.3 is 14.6 Å². The van der Waals surface area contributed by atoms with Gasteiger partial charge in [0.15, 0.2) is 11.5 Å². The number of rotatable bonds is 10. The summed E-state index contributed by atoms with van der Waals surface area (Å²) in [5.74, 6) is 0.280. The van der Waals surface area contributed by atoms with Crippen molar-refractivity contribution >= 4 is 17.9 Å². The normalized spacial score (nSPS) is 10.9. The first-order valence-electron chi connectivity index (χ1n) is 10.3. The second-order valence-electron chi connectivity index (χ2n) is 7.23. The number of carboxylic acids is 1. The van der Waals surface area contributed by atoms with Crippen LogP contribution in [0.4, 0.5) is 5.69 Å². The highest BCUT2D eigenvalue weighted by Crippen LogP contribution is 2.28. The number of carbonyl (C=O) groups is 1. The third-order valence-corrected chi connectivity index (χ3v) is 4.90. The molecule has 0 heterocycles. The number of carboxylic acid groups (broad SMARTS) is 1. The van der Waals surface area contributed by atoms with Crippen LogP contribution in [0.15, 0.2) is 71.7 Å². The average Bonchev–Trinajstić information content (AvgIpc) is 2.81. The Bertz CT molecular complexity index is 1020. The van der Waals surface area contributed by atoms with Gasteiger partial charge in [-0.1, -0.05) is 37.6 Å². The summed E-state index contributed by atoms with van der Waals surface area (Å²) in [6.07, 6.45) is 5.30. The van der Waals surface area contributed by atoms with Crippen molar-refractivity contribution in [2.75, 3.05) is 7.11 Å². The summed E-state index contributed by atoms with van der Waals surface area (Å²) in [6.45, 7) is 2.51. The van der Waals surface area contributed by atoms with Crippen LogP contribution in [0.25, 0.3) is 0 Å². The quantitative estimate of drug-likeness (QED) is 0.407. The first-order valence-corrected chi connectivity index (χ1v) is 10.3. The third-order valence-electron chi connectivity index (χ3n) is 4.90. The maximum absolute atomic E-state index is 10.9. The Hall–Kier alpha value is -3.60. The minimum absolute atomic E-state index is 0.251. The lowest BCUT2D eigenvalue weighted by molar-refractivity contribution is 0.0697.